The van der Waals surface area contributed by atoms with Crippen LogP contribution < -0.4 is 11.3 Å². The minimum absolute atomic E-state index is 0.178. The van der Waals surface area contributed by atoms with Gasteiger partial charge >= 0.3 is 0 Å². The fourth-order valence-corrected chi connectivity index (χ4v) is 2.34. The van der Waals surface area contributed by atoms with Gasteiger partial charge in [-0.05, 0) is 24.1 Å². The SMILES string of the molecule is NNC(Cc1ccc(F)cc1F)c1ncc(Cl)cc1Cl. The molecule has 2 rings (SSSR count). The van der Waals surface area contributed by atoms with Gasteiger partial charge in [0.2, 0.25) is 0 Å². The van der Waals surface area contributed by atoms with Crippen LogP contribution in [0.5, 0.6) is 0 Å². The van der Waals surface area contributed by atoms with E-state index in [1.807, 2.05) is 0 Å². The number of nitrogens with two attached hydrogens (primary N) is 1. The molecule has 0 bridgehead atoms. The molecular formula is C13H11Cl2F2N3. The molecule has 3 nitrogen and oxygen atoms in total. The maximum Gasteiger partial charge on any atom is 0.129 e. The quantitative estimate of drug-likeness (QED) is 0.671. The highest BCUT2D eigenvalue weighted by Gasteiger charge is 2.18. The van der Waals surface area contributed by atoms with Crippen LogP contribution in [0.15, 0.2) is 30.5 Å². The minimum Gasteiger partial charge on any atom is -0.271 e. The van der Waals surface area contributed by atoms with Gasteiger partial charge < -0.3 is 0 Å². The van der Waals surface area contributed by atoms with E-state index in [1.165, 1.54) is 24.4 Å². The summed E-state index contributed by atoms with van der Waals surface area (Å²) in [5.74, 6) is 4.19. The van der Waals surface area contributed by atoms with Crippen LogP contribution in [0.1, 0.15) is 17.3 Å². The van der Waals surface area contributed by atoms with E-state index >= 15 is 0 Å². The molecule has 1 unspecified atom stereocenters. The number of nitrogens with one attached hydrogen (secondary N) is 1. The lowest BCUT2D eigenvalue weighted by atomic mass is 10.0. The summed E-state index contributed by atoms with van der Waals surface area (Å²) in [6.07, 6.45) is 1.60. The van der Waals surface area contributed by atoms with Crippen LogP contribution in [-0.4, -0.2) is 4.98 Å². The van der Waals surface area contributed by atoms with E-state index in [2.05, 4.69) is 10.4 Å². The van der Waals surface area contributed by atoms with Gasteiger partial charge in [-0.2, -0.15) is 0 Å². The smallest absolute Gasteiger partial charge is 0.129 e. The van der Waals surface area contributed by atoms with E-state index in [0.717, 1.165) is 6.07 Å². The molecule has 0 radical (unpaired) electrons. The molecule has 0 spiro atoms. The second kappa shape index (κ2) is 6.45. The molecule has 0 aliphatic heterocycles. The normalized spacial score (nSPS) is 12.4. The van der Waals surface area contributed by atoms with Gasteiger partial charge in [-0.25, -0.2) is 8.78 Å². The molecule has 0 aliphatic carbocycles. The third-order valence-electron chi connectivity index (χ3n) is 2.81. The Hall–Kier alpha value is -1.27. The van der Waals surface area contributed by atoms with Crippen LogP contribution in [0.2, 0.25) is 10.0 Å². The first-order valence-corrected chi connectivity index (χ1v) is 6.48. The zero-order valence-corrected chi connectivity index (χ0v) is 11.7. The lowest BCUT2D eigenvalue weighted by molar-refractivity contribution is 0.513. The molecule has 1 atom stereocenters. The van der Waals surface area contributed by atoms with E-state index in [-0.39, 0.29) is 6.42 Å². The lowest BCUT2D eigenvalue weighted by Gasteiger charge is -2.17. The number of rotatable bonds is 4. The summed E-state index contributed by atoms with van der Waals surface area (Å²) >= 11 is 11.8. The molecule has 3 N–H and O–H groups in total. The fourth-order valence-electron chi connectivity index (χ4n) is 1.82. The Balaban J connectivity index is 2.28. The summed E-state index contributed by atoms with van der Waals surface area (Å²) in [6, 6.07) is 4.37. The number of hydrogen-bond donors (Lipinski definition) is 2. The van der Waals surface area contributed by atoms with Crippen molar-refractivity contribution < 1.29 is 8.78 Å². The molecule has 2 aromatic rings. The van der Waals surface area contributed by atoms with Gasteiger partial charge in [-0.3, -0.25) is 16.3 Å². The van der Waals surface area contributed by atoms with Crippen molar-refractivity contribution in [3.8, 4) is 0 Å². The van der Waals surface area contributed by atoms with Crippen LogP contribution in [-0.2, 0) is 6.42 Å². The Morgan fingerprint density at radius 3 is 2.60 bits per heavy atom. The molecule has 1 aromatic carbocycles. The average Bonchev–Trinajstić information content (AvgIpc) is 2.39. The fraction of sp³-hybridized carbons (Fsp3) is 0.154. The predicted molar refractivity (Wildman–Crippen MR) is 74.4 cm³/mol. The molecule has 20 heavy (non-hydrogen) atoms. The minimum atomic E-state index is -0.643. The van der Waals surface area contributed by atoms with Crippen LogP contribution in [0.3, 0.4) is 0 Å². The predicted octanol–water partition coefficient (Wildman–Crippen LogP) is 3.41. The van der Waals surface area contributed by atoms with Gasteiger partial charge in [0, 0.05) is 12.3 Å². The first kappa shape index (κ1) is 15.1. The van der Waals surface area contributed by atoms with Crippen molar-refractivity contribution in [3.05, 3.63) is 63.4 Å². The molecule has 1 heterocycles. The largest absolute Gasteiger partial charge is 0.271 e. The van der Waals surface area contributed by atoms with Crippen molar-refractivity contribution in [2.75, 3.05) is 0 Å². The van der Waals surface area contributed by atoms with Crippen molar-refractivity contribution >= 4 is 23.2 Å². The maximum atomic E-state index is 13.6. The van der Waals surface area contributed by atoms with Gasteiger partial charge in [-0.1, -0.05) is 29.3 Å². The first-order chi connectivity index (χ1) is 9.51. The van der Waals surface area contributed by atoms with E-state index in [4.69, 9.17) is 29.0 Å². The van der Waals surface area contributed by atoms with E-state index < -0.39 is 17.7 Å². The monoisotopic (exact) mass is 317 g/mol. The highest BCUT2D eigenvalue weighted by Crippen LogP contribution is 2.26. The van der Waals surface area contributed by atoms with Crippen molar-refractivity contribution in [2.45, 2.75) is 12.5 Å². The Bertz CT molecular complexity index is 623. The summed E-state index contributed by atoms with van der Waals surface area (Å²) in [5, 5.41) is 0.713. The zero-order valence-electron chi connectivity index (χ0n) is 10.2. The Kier molecular flexibility index (Phi) is 4.88. The van der Waals surface area contributed by atoms with Crippen LogP contribution in [0.4, 0.5) is 8.78 Å². The van der Waals surface area contributed by atoms with Gasteiger partial charge in [-0.15, -0.1) is 0 Å². The molecule has 0 aliphatic rings. The molecule has 0 saturated heterocycles. The molecular weight excluding hydrogens is 307 g/mol. The number of aromatic nitrogens is 1. The van der Waals surface area contributed by atoms with Gasteiger partial charge in [0.05, 0.1) is 21.8 Å². The number of pyridine rings is 1. The van der Waals surface area contributed by atoms with Crippen LogP contribution in [0, 0.1) is 11.6 Å². The maximum absolute atomic E-state index is 13.6. The summed E-state index contributed by atoms with van der Waals surface area (Å²) in [7, 11) is 0. The third-order valence-corrected chi connectivity index (χ3v) is 3.32. The number of hydrogen-bond acceptors (Lipinski definition) is 3. The van der Waals surface area contributed by atoms with Crippen molar-refractivity contribution in [2.24, 2.45) is 5.84 Å². The summed E-state index contributed by atoms with van der Waals surface area (Å²) < 4.78 is 26.5. The lowest BCUT2D eigenvalue weighted by Crippen LogP contribution is -2.30. The summed E-state index contributed by atoms with van der Waals surface area (Å²) in [5.41, 5.74) is 3.27. The van der Waals surface area contributed by atoms with E-state index in [9.17, 15) is 8.78 Å². The summed E-state index contributed by atoms with van der Waals surface area (Å²) in [6.45, 7) is 0. The number of halogens is 4. The topological polar surface area (TPSA) is 50.9 Å². The Morgan fingerprint density at radius 1 is 1.25 bits per heavy atom. The Morgan fingerprint density at radius 2 is 2.00 bits per heavy atom. The highest BCUT2D eigenvalue weighted by atomic mass is 35.5. The molecule has 0 saturated carbocycles. The van der Waals surface area contributed by atoms with Crippen molar-refractivity contribution in [1.82, 2.24) is 10.4 Å². The van der Waals surface area contributed by atoms with E-state index in [1.54, 1.807) is 0 Å². The second-order valence-electron chi connectivity index (χ2n) is 4.18. The zero-order chi connectivity index (χ0) is 14.7. The molecule has 7 heteroatoms. The van der Waals surface area contributed by atoms with Gasteiger partial charge in [0.15, 0.2) is 0 Å². The first-order valence-electron chi connectivity index (χ1n) is 5.72. The summed E-state index contributed by atoms with van der Waals surface area (Å²) in [4.78, 5) is 4.09. The molecule has 0 fully saturated rings. The molecule has 0 amide bonds. The third kappa shape index (κ3) is 3.43. The van der Waals surface area contributed by atoms with Crippen LogP contribution in [0.25, 0.3) is 0 Å². The number of nitrogens with zero attached hydrogens (tertiary/aromatic N) is 1. The highest BCUT2D eigenvalue weighted by molar-refractivity contribution is 6.34. The number of benzene rings is 1. The average molecular weight is 318 g/mol. The van der Waals surface area contributed by atoms with Crippen molar-refractivity contribution in [1.29, 1.82) is 0 Å². The Labute approximate surface area is 124 Å². The standard InChI is InChI=1S/C13H11Cl2F2N3/c14-8-4-10(15)13(19-6-8)12(20-18)3-7-1-2-9(16)5-11(7)17/h1-2,4-6,12,20H,3,18H2. The van der Waals surface area contributed by atoms with Crippen LogP contribution >= 0.6 is 23.2 Å². The molecule has 106 valence electrons. The number of hydrazine groups is 1. The van der Waals surface area contributed by atoms with Crippen molar-refractivity contribution in [3.63, 3.8) is 0 Å². The van der Waals surface area contributed by atoms with E-state index in [0.29, 0.717) is 21.3 Å². The molecule has 1 aromatic heterocycles. The van der Waals surface area contributed by atoms with Gasteiger partial charge in [0.1, 0.15) is 11.6 Å². The van der Waals surface area contributed by atoms with Gasteiger partial charge in [0.25, 0.3) is 0 Å². The second-order valence-corrected chi connectivity index (χ2v) is 5.02.